The van der Waals surface area contributed by atoms with Crippen LogP contribution in [0.4, 0.5) is 5.82 Å². The fourth-order valence-electron chi connectivity index (χ4n) is 2.56. The van der Waals surface area contributed by atoms with Gasteiger partial charge in [0.15, 0.2) is 5.82 Å². The van der Waals surface area contributed by atoms with E-state index in [2.05, 4.69) is 25.6 Å². The second kappa shape index (κ2) is 6.33. The quantitative estimate of drug-likeness (QED) is 0.735. The molecule has 3 aromatic rings. The number of carbonyl (C=O) groups excluding carboxylic acids is 1. The second-order valence-electron chi connectivity index (χ2n) is 6.29. The Balaban J connectivity index is 1.41. The van der Waals surface area contributed by atoms with Crippen LogP contribution in [-0.2, 0) is 11.2 Å². The summed E-state index contributed by atoms with van der Waals surface area (Å²) in [5, 5.41) is 14.8. The normalized spacial score (nSPS) is 13.8. The van der Waals surface area contributed by atoms with E-state index in [1.165, 1.54) is 12.8 Å². The lowest BCUT2D eigenvalue weighted by atomic mass is 10.2. The molecule has 0 aliphatic heterocycles. The first kappa shape index (κ1) is 15.8. The summed E-state index contributed by atoms with van der Waals surface area (Å²) in [5.41, 5.74) is 2.71. The molecule has 0 spiro atoms. The van der Waals surface area contributed by atoms with E-state index in [4.69, 9.17) is 11.6 Å². The van der Waals surface area contributed by atoms with Crippen molar-refractivity contribution in [2.45, 2.75) is 32.1 Å². The molecule has 1 amide bonds. The van der Waals surface area contributed by atoms with Crippen LogP contribution in [0.3, 0.4) is 0 Å². The Hall–Kier alpha value is -2.67. The zero-order valence-electron chi connectivity index (χ0n) is 13.7. The fourth-order valence-corrected chi connectivity index (χ4v) is 2.71. The standard InChI is InChI=1S/C17H17ClN6O/c1-10-7-19-16(5-13(10)18)24-9-11(8-20-24)4-17(25)21-15-6-14(22-23-15)12-2-3-12/h5-9,12H,2-4H2,1H3,(H2,21,22,23,25). The van der Waals surface area contributed by atoms with Crippen LogP contribution in [0, 0.1) is 6.92 Å². The summed E-state index contributed by atoms with van der Waals surface area (Å²) in [6.07, 6.45) is 7.69. The average Bonchev–Trinajstić information content (AvgIpc) is 3.16. The number of aromatic amines is 1. The maximum Gasteiger partial charge on any atom is 0.230 e. The molecular formula is C17H17ClN6O. The molecule has 3 aromatic heterocycles. The number of aromatic nitrogens is 5. The Morgan fingerprint density at radius 3 is 3.00 bits per heavy atom. The Morgan fingerprint density at radius 1 is 1.40 bits per heavy atom. The highest BCUT2D eigenvalue weighted by Gasteiger charge is 2.26. The number of rotatable bonds is 5. The number of hydrogen-bond donors (Lipinski definition) is 2. The lowest BCUT2D eigenvalue weighted by molar-refractivity contribution is -0.115. The number of H-pyrrole nitrogens is 1. The average molecular weight is 357 g/mol. The smallest absolute Gasteiger partial charge is 0.230 e. The summed E-state index contributed by atoms with van der Waals surface area (Å²) in [4.78, 5) is 16.5. The summed E-state index contributed by atoms with van der Waals surface area (Å²) in [7, 11) is 0. The van der Waals surface area contributed by atoms with Crippen molar-refractivity contribution in [3.8, 4) is 5.82 Å². The highest BCUT2D eigenvalue weighted by Crippen LogP contribution is 2.39. The Kier molecular flexibility index (Phi) is 4.01. The first-order chi connectivity index (χ1) is 12.1. The third-order valence-corrected chi connectivity index (χ3v) is 4.53. The minimum absolute atomic E-state index is 0.125. The minimum atomic E-state index is -0.125. The molecule has 25 heavy (non-hydrogen) atoms. The molecule has 3 heterocycles. The molecule has 0 bridgehead atoms. The Morgan fingerprint density at radius 2 is 2.24 bits per heavy atom. The molecule has 1 aliphatic carbocycles. The Labute approximate surface area is 149 Å². The van der Waals surface area contributed by atoms with Gasteiger partial charge in [0.05, 0.1) is 18.3 Å². The molecule has 0 saturated heterocycles. The number of halogens is 1. The maximum atomic E-state index is 12.2. The van der Waals surface area contributed by atoms with E-state index in [1.807, 2.05) is 13.0 Å². The highest BCUT2D eigenvalue weighted by atomic mass is 35.5. The molecule has 0 aromatic carbocycles. The van der Waals surface area contributed by atoms with Gasteiger partial charge in [-0.3, -0.25) is 9.89 Å². The molecule has 1 saturated carbocycles. The van der Waals surface area contributed by atoms with Crippen LogP contribution in [0.5, 0.6) is 0 Å². The van der Waals surface area contributed by atoms with E-state index < -0.39 is 0 Å². The van der Waals surface area contributed by atoms with Crippen LogP contribution < -0.4 is 5.32 Å². The first-order valence-corrected chi connectivity index (χ1v) is 8.47. The van der Waals surface area contributed by atoms with Gasteiger partial charge >= 0.3 is 0 Å². The molecule has 0 radical (unpaired) electrons. The molecule has 4 rings (SSSR count). The number of hydrogen-bond acceptors (Lipinski definition) is 4. The van der Waals surface area contributed by atoms with Crippen molar-refractivity contribution in [2.24, 2.45) is 0 Å². The zero-order chi connectivity index (χ0) is 17.4. The zero-order valence-corrected chi connectivity index (χ0v) is 14.4. The summed E-state index contributed by atoms with van der Waals surface area (Å²) >= 11 is 6.12. The van der Waals surface area contributed by atoms with Crippen molar-refractivity contribution < 1.29 is 4.79 Å². The molecule has 1 fully saturated rings. The van der Waals surface area contributed by atoms with Crippen LogP contribution >= 0.6 is 11.6 Å². The maximum absolute atomic E-state index is 12.2. The van der Waals surface area contributed by atoms with Crippen molar-refractivity contribution in [3.63, 3.8) is 0 Å². The third-order valence-electron chi connectivity index (χ3n) is 4.13. The molecule has 0 atom stereocenters. The predicted molar refractivity (Wildman–Crippen MR) is 94.0 cm³/mol. The molecular weight excluding hydrogens is 340 g/mol. The van der Waals surface area contributed by atoms with Gasteiger partial charge in [0.1, 0.15) is 5.82 Å². The second-order valence-corrected chi connectivity index (χ2v) is 6.70. The van der Waals surface area contributed by atoms with E-state index in [-0.39, 0.29) is 12.3 Å². The van der Waals surface area contributed by atoms with Crippen molar-refractivity contribution in [2.75, 3.05) is 5.32 Å². The number of anilines is 1. The fraction of sp³-hybridized carbons (Fsp3) is 0.294. The van der Waals surface area contributed by atoms with E-state index in [9.17, 15) is 4.79 Å². The van der Waals surface area contributed by atoms with E-state index >= 15 is 0 Å². The number of nitrogens with zero attached hydrogens (tertiary/aromatic N) is 4. The van der Waals surface area contributed by atoms with Gasteiger partial charge in [-0.05, 0) is 30.9 Å². The van der Waals surface area contributed by atoms with E-state index in [1.54, 1.807) is 29.3 Å². The summed E-state index contributed by atoms with van der Waals surface area (Å²) < 4.78 is 1.61. The van der Waals surface area contributed by atoms with Crippen LogP contribution in [0.2, 0.25) is 5.02 Å². The highest BCUT2D eigenvalue weighted by molar-refractivity contribution is 6.31. The van der Waals surface area contributed by atoms with Gasteiger partial charge < -0.3 is 5.32 Å². The molecule has 0 unspecified atom stereocenters. The number of amides is 1. The molecule has 8 heteroatoms. The molecule has 7 nitrogen and oxygen atoms in total. The SMILES string of the molecule is Cc1cnc(-n2cc(CC(=O)Nc3cc(C4CC4)n[nH]3)cn2)cc1Cl. The lowest BCUT2D eigenvalue weighted by Gasteiger charge is -2.02. The Bertz CT molecular complexity index is 927. The van der Waals surface area contributed by atoms with Gasteiger partial charge in [0.2, 0.25) is 5.91 Å². The topological polar surface area (TPSA) is 88.5 Å². The van der Waals surface area contributed by atoms with Crippen molar-refractivity contribution in [1.29, 1.82) is 0 Å². The van der Waals surface area contributed by atoms with Crippen LogP contribution in [-0.4, -0.2) is 30.9 Å². The van der Waals surface area contributed by atoms with Crippen LogP contribution in [0.1, 0.15) is 35.6 Å². The third kappa shape index (κ3) is 3.56. The summed E-state index contributed by atoms with van der Waals surface area (Å²) in [6.45, 7) is 1.89. The predicted octanol–water partition coefficient (Wildman–Crippen LogP) is 3.01. The minimum Gasteiger partial charge on any atom is -0.311 e. The van der Waals surface area contributed by atoms with Gasteiger partial charge in [0, 0.05) is 35.5 Å². The number of nitrogens with one attached hydrogen (secondary N) is 2. The molecule has 1 aliphatic rings. The largest absolute Gasteiger partial charge is 0.311 e. The van der Waals surface area contributed by atoms with Gasteiger partial charge in [0.25, 0.3) is 0 Å². The number of pyridine rings is 1. The van der Waals surface area contributed by atoms with Crippen molar-refractivity contribution in [1.82, 2.24) is 25.0 Å². The summed E-state index contributed by atoms with van der Waals surface area (Å²) in [6, 6.07) is 3.65. The molecule has 128 valence electrons. The van der Waals surface area contributed by atoms with Gasteiger partial charge in [-0.2, -0.15) is 10.2 Å². The van der Waals surface area contributed by atoms with Crippen LogP contribution in [0.25, 0.3) is 5.82 Å². The van der Waals surface area contributed by atoms with E-state index in [0.29, 0.717) is 22.6 Å². The first-order valence-electron chi connectivity index (χ1n) is 8.10. The van der Waals surface area contributed by atoms with Crippen molar-refractivity contribution >= 4 is 23.3 Å². The van der Waals surface area contributed by atoms with Gasteiger partial charge in [-0.25, -0.2) is 9.67 Å². The number of carbonyl (C=O) groups is 1. The van der Waals surface area contributed by atoms with Gasteiger partial charge in [-0.15, -0.1) is 0 Å². The van der Waals surface area contributed by atoms with Gasteiger partial charge in [-0.1, -0.05) is 11.6 Å². The monoisotopic (exact) mass is 356 g/mol. The number of aryl methyl sites for hydroxylation is 1. The lowest BCUT2D eigenvalue weighted by Crippen LogP contribution is -2.14. The van der Waals surface area contributed by atoms with Crippen LogP contribution in [0.15, 0.2) is 30.7 Å². The summed E-state index contributed by atoms with van der Waals surface area (Å²) in [5.74, 6) is 1.67. The molecule has 2 N–H and O–H groups in total. The van der Waals surface area contributed by atoms with E-state index in [0.717, 1.165) is 16.8 Å². The van der Waals surface area contributed by atoms with Crippen molar-refractivity contribution in [3.05, 3.63) is 52.6 Å².